The SMILES string of the molecule is CN(Cc1cnn(C)c1)C(=O)CCc1cccc(Br)c1. The first kappa shape index (κ1) is 14.8. The normalized spacial score (nSPS) is 10.6. The molecule has 20 heavy (non-hydrogen) atoms. The number of halogens is 1. The highest BCUT2D eigenvalue weighted by atomic mass is 79.9. The maximum atomic E-state index is 12.1. The maximum absolute atomic E-state index is 12.1. The minimum absolute atomic E-state index is 0.147. The van der Waals surface area contributed by atoms with E-state index < -0.39 is 0 Å². The van der Waals surface area contributed by atoms with Crippen molar-refractivity contribution in [3.63, 3.8) is 0 Å². The first-order valence-electron chi connectivity index (χ1n) is 6.50. The summed E-state index contributed by atoms with van der Waals surface area (Å²) in [4.78, 5) is 13.8. The molecule has 106 valence electrons. The molecule has 0 fully saturated rings. The Labute approximate surface area is 127 Å². The summed E-state index contributed by atoms with van der Waals surface area (Å²) in [5.74, 6) is 0.147. The fourth-order valence-corrected chi connectivity index (χ4v) is 2.50. The van der Waals surface area contributed by atoms with Crippen LogP contribution in [0.3, 0.4) is 0 Å². The Morgan fingerprint density at radius 2 is 2.20 bits per heavy atom. The Morgan fingerprint density at radius 1 is 1.40 bits per heavy atom. The molecule has 0 aliphatic rings. The van der Waals surface area contributed by atoms with E-state index in [1.807, 2.05) is 44.6 Å². The van der Waals surface area contributed by atoms with Gasteiger partial charge in [-0.1, -0.05) is 28.1 Å². The zero-order chi connectivity index (χ0) is 14.5. The number of benzene rings is 1. The molecular formula is C15H18BrN3O. The Balaban J connectivity index is 1.85. The standard InChI is InChI=1S/C15H18BrN3O/c1-18(10-13-9-17-19(2)11-13)15(20)7-6-12-4-3-5-14(16)8-12/h3-5,8-9,11H,6-7,10H2,1-2H3. The summed E-state index contributed by atoms with van der Waals surface area (Å²) in [5.41, 5.74) is 2.22. The van der Waals surface area contributed by atoms with Crippen LogP contribution in [-0.2, 0) is 24.8 Å². The third kappa shape index (κ3) is 4.20. The Morgan fingerprint density at radius 3 is 2.85 bits per heavy atom. The summed E-state index contributed by atoms with van der Waals surface area (Å²) < 4.78 is 2.79. The van der Waals surface area contributed by atoms with Gasteiger partial charge in [-0.2, -0.15) is 5.10 Å². The van der Waals surface area contributed by atoms with Gasteiger partial charge in [0.05, 0.1) is 6.20 Å². The lowest BCUT2D eigenvalue weighted by atomic mass is 10.1. The summed E-state index contributed by atoms with van der Waals surface area (Å²) in [6.07, 6.45) is 5.00. The van der Waals surface area contributed by atoms with Gasteiger partial charge in [-0.3, -0.25) is 9.48 Å². The number of hydrogen-bond donors (Lipinski definition) is 0. The van der Waals surface area contributed by atoms with E-state index in [0.29, 0.717) is 13.0 Å². The Bertz CT molecular complexity index is 594. The average molecular weight is 336 g/mol. The molecule has 0 aliphatic carbocycles. The number of carbonyl (C=O) groups excluding carboxylic acids is 1. The molecular weight excluding hydrogens is 318 g/mol. The van der Waals surface area contributed by atoms with Crippen molar-refractivity contribution in [2.75, 3.05) is 7.05 Å². The minimum atomic E-state index is 0.147. The van der Waals surface area contributed by atoms with E-state index in [-0.39, 0.29) is 5.91 Å². The molecule has 1 aromatic heterocycles. The summed E-state index contributed by atoms with van der Waals surface area (Å²) in [6.45, 7) is 0.602. The summed E-state index contributed by atoms with van der Waals surface area (Å²) in [6, 6.07) is 8.07. The van der Waals surface area contributed by atoms with E-state index in [0.717, 1.165) is 16.5 Å². The number of amides is 1. The maximum Gasteiger partial charge on any atom is 0.222 e. The van der Waals surface area contributed by atoms with Gasteiger partial charge >= 0.3 is 0 Å². The fraction of sp³-hybridized carbons (Fsp3) is 0.333. The van der Waals surface area contributed by atoms with Crippen LogP contribution in [0.15, 0.2) is 41.1 Å². The number of carbonyl (C=O) groups is 1. The lowest BCUT2D eigenvalue weighted by Gasteiger charge is -2.16. The van der Waals surface area contributed by atoms with Gasteiger partial charge < -0.3 is 4.90 Å². The second-order valence-electron chi connectivity index (χ2n) is 4.90. The van der Waals surface area contributed by atoms with Crippen molar-refractivity contribution < 1.29 is 4.79 Å². The summed E-state index contributed by atoms with van der Waals surface area (Å²) in [7, 11) is 3.70. The lowest BCUT2D eigenvalue weighted by Crippen LogP contribution is -2.26. The zero-order valence-corrected chi connectivity index (χ0v) is 13.3. The average Bonchev–Trinajstić information content (AvgIpc) is 2.81. The predicted molar refractivity (Wildman–Crippen MR) is 82.1 cm³/mol. The number of hydrogen-bond acceptors (Lipinski definition) is 2. The molecule has 0 radical (unpaired) electrons. The third-order valence-electron chi connectivity index (χ3n) is 3.12. The molecule has 4 nitrogen and oxygen atoms in total. The van der Waals surface area contributed by atoms with Gasteiger partial charge in [-0.05, 0) is 24.1 Å². The van der Waals surface area contributed by atoms with Gasteiger partial charge in [0.15, 0.2) is 0 Å². The quantitative estimate of drug-likeness (QED) is 0.842. The molecule has 0 spiro atoms. The van der Waals surface area contributed by atoms with Crippen LogP contribution in [-0.4, -0.2) is 27.6 Å². The van der Waals surface area contributed by atoms with Crippen LogP contribution in [0.5, 0.6) is 0 Å². The van der Waals surface area contributed by atoms with Crippen molar-refractivity contribution in [1.29, 1.82) is 0 Å². The molecule has 1 aromatic carbocycles. The molecule has 0 bridgehead atoms. The number of aryl methyl sites for hydroxylation is 2. The third-order valence-corrected chi connectivity index (χ3v) is 3.61. The molecule has 0 saturated heterocycles. The van der Waals surface area contributed by atoms with Gasteiger partial charge in [-0.25, -0.2) is 0 Å². The van der Waals surface area contributed by atoms with Crippen LogP contribution in [0.1, 0.15) is 17.5 Å². The van der Waals surface area contributed by atoms with Crippen molar-refractivity contribution >= 4 is 21.8 Å². The van der Waals surface area contributed by atoms with E-state index >= 15 is 0 Å². The van der Waals surface area contributed by atoms with Crippen LogP contribution >= 0.6 is 15.9 Å². The first-order valence-corrected chi connectivity index (χ1v) is 7.30. The van der Waals surface area contributed by atoms with Crippen molar-refractivity contribution in [3.8, 4) is 0 Å². The molecule has 0 atom stereocenters. The first-order chi connectivity index (χ1) is 9.54. The van der Waals surface area contributed by atoms with E-state index in [4.69, 9.17) is 0 Å². The topological polar surface area (TPSA) is 38.1 Å². The van der Waals surface area contributed by atoms with E-state index in [1.54, 1.807) is 15.8 Å². The molecule has 0 aliphatic heterocycles. The minimum Gasteiger partial charge on any atom is -0.341 e. The van der Waals surface area contributed by atoms with Gasteiger partial charge in [0.1, 0.15) is 0 Å². The van der Waals surface area contributed by atoms with E-state index in [9.17, 15) is 4.79 Å². The van der Waals surface area contributed by atoms with Crippen molar-refractivity contribution in [2.45, 2.75) is 19.4 Å². The number of aromatic nitrogens is 2. The van der Waals surface area contributed by atoms with Gasteiger partial charge in [0, 0.05) is 43.3 Å². The molecule has 2 aromatic rings. The highest BCUT2D eigenvalue weighted by molar-refractivity contribution is 9.10. The van der Waals surface area contributed by atoms with Gasteiger partial charge in [0.2, 0.25) is 5.91 Å². The van der Waals surface area contributed by atoms with E-state index in [1.165, 1.54) is 5.56 Å². The number of nitrogens with zero attached hydrogens (tertiary/aromatic N) is 3. The Kier molecular flexibility index (Phi) is 4.95. The van der Waals surface area contributed by atoms with Crippen LogP contribution < -0.4 is 0 Å². The van der Waals surface area contributed by atoms with Crippen LogP contribution in [0, 0.1) is 0 Å². The van der Waals surface area contributed by atoms with Crippen LogP contribution in [0.25, 0.3) is 0 Å². The molecule has 5 heteroatoms. The lowest BCUT2D eigenvalue weighted by molar-refractivity contribution is -0.130. The highest BCUT2D eigenvalue weighted by Gasteiger charge is 2.10. The monoisotopic (exact) mass is 335 g/mol. The van der Waals surface area contributed by atoms with Crippen LogP contribution in [0.4, 0.5) is 0 Å². The van der Waals surface area contributed by atoms with Crippen LogP contribution in [0.2, 0.25) is 0 Å². The summed E-state index contributed by atoms with van der Waals surface area (Å²) >= 11 is 3.44. The smallest absolute Gasteiger partial charge is 0.222 e. The second kappa shape index (κ2) is 6.70. The molecule has 0 N–H and O–H groups in total. The molecule has 0 unspecified atom stereocenters. The molecule has 0 saturated carbocycles. The zero-order valence-electron chi connectivity index (χ0n) is 11.7. The molecule has 1 heterocycles. The van der Waals surface area contributed by atoms with Gasteiger partial charge in [-0.15, -0.1) is 0 Å². The fourth-order valence-electron chi connectivity index (χ4n) is 2.05. The predicted octanol–water partition coefficient (Wildman–Crippen LogP) is 2.77. The largest absolute Gasteiger partial charge is 0.341 e. The Hall–Kier alpha value is -1.62. The number of rotatable bonds is 5. The van der Waals surface area contributed by atoms with E-state index in [2.05, 4.69) is 21.0 Å². The van der Waals surface area contributed by atoms with Crippen molar-refractivity contribution in [3.05, 3.63) is 52.3 Å². The van der Waals surface area contributed by atoms with Gasteiger partial charge in [0.25, 0.3) is 0 Å². The summed E-state index contributed by atoms with van der Waals surface area (Å²) in [5, 5.41) is 4.11. The molecule has 2 rings (SSSR count). The highest BCUT2D eigenvalue weighted by Crippen LogP contribution is 2.13. The van der Waals surface area contributed by atoms with Crippen molar-refractivity contribution in [1.82, 2.24) is 14.7 Å². The second-order valence-corrected chi connectivity index (χ2v) is 5.82. The van der Waals surface area contributed by atoms with Crippen molar-refractivity contribution in [2.24, 2.45) is 7.05 Å². The molecule has 1 amide bonds.